The van der Waals surface area contributed by atoms with Crippen molar-refractivity contribution in [3.8, 4) is 0 Å². The van der Waals surface area contributed by atoms with E-state index in [2.05, 4.69) is 12.2 Å². The molecule has 0 aromatic heterocycles. The summed E-state index contributed by atoms with van der Waals surface area (Å²) in [6.07, 6.45) is 7.07. The third-order valence-electron chi connectivity index (χ3n) is 11.6. The highest BCUT2D eigenvalue weighted by molar-refractivity contribution is 5.92. The van der Waals surface area contributed by atoms with Gasteiger partial charge < -0.3 is 38.8 Å². The molecule has 53 heavy (non-hydrogen) atoms. The van der Waals surface area contributed by atoms with Crippen molar-refractivity contribution >= 4 is 29.4 Å². The van der Waals surface area contributed by atoms with Crippen LogP contribution in [-0.4, -0.2) is 94.2 Å². The predicted molar refractivity (Wildman–Crippen MR) is 191 cm³/mol. The van der Waals surface area contributed by atoms with E-state index < -0.39 is 65.0 Å². The zero-order valence-corrected chi connectivity index (χ0v) is 32.1. The predicted octanol–water partition coefficient (Wildman–Crippen LogP) is 4.48. The minimum Gasteiger partial charge on any atom is -0.456 e. The molecular formula is C40H57NO12. The number of hydrogen-bond donors (Lipinski definition) is 2. The molecule has 5 bridgehead atoms. The van der Waals surface area contributed by atoms with Crippen LogP contribution in [-0.2, 0) is 52.4 Å². The van der Waals surface area contributed by atoms with Crippen LogP contribution in [0, 0.1) is 11.8 Å². The zero-order valence-electron chi connectivity index (χ0n) is 32.1. The van der Waals surface area contributed by atoms with Crippen LogP contribution in [0.15, 0.2) is 36.1 Å². The number of epoxide rings is 1. The lowest BCUT2D eigenvalue weighted by molar-refractivity contribution is -0.344. The van der Waals surface area contributed by atoms with Crippen molar-refractivity contribution in [2.45, 2.75) is 172 Å². The lowest BCUT2D eigenvalue weighted by Crippen LogP contribution is -2.60. The molecule has 4 saturated heterocycles. The molecule has 7 rings (SSSR count). The summed E-state index contributed by atoms with van der Waals surface area (Å²) in [5, 5.41) is 14.5. The normalized spacial score (nSPS) is 42.0. The second-order valence-corrected chi connectivity index (χ2v) is 15.9. The number of nitrogens with one attached hydrogen (secondary N) is 1. The minimum atomic E-state index is -1.86. The topological polar surface area (TPSA) is 176 Å². The van der Waals surface area contributed by atoms with E-state index in [0.29, 0.717) is 44.9 Å². The van der Waals surface area contributed by atoms with Gasteiger partial charge in [0, 0.05) is 63.1 Å². The van der Waals surface area contributed by atoms with E-state index in [1.54, 1.807) is 25.2 Å². The highest BCUT2D eigenvalue weighted by Gasteiger charge is 2.62. The molecule has 2 N–H and O–H groups in total. The van der Waals surface area contributed by atoms with E-state index in [9.17, 15) is 29.1 Å². The van der Waals surface area contributed by atoms with Crippen LogP contribution in [0.2, 0.25) is 0 Å². The first-order valence-corrected chi connectivity index (χ1v) is 19.1. The van der Waals surface area contributed by atoms with E-state index in [0.717, 1.165) is 6.08 Å². The van der Waals surface area contributed by atoms with Crippen LogP contribution in [0.3, 0.4) is 0 Å². The quantitative estimate of drug-likeness (QED) is 0.213. The standard InChI is InChI=1S/C40H57NO12/c1-8-12-33(45)41-18-11-9-10-13-30-29(44)19-23(2)28(43)22-27-20-25(4)40(51-27)17-16-38(6)32(53-40)15-14-31(52-38)35-36(50-35)37(48-26(5)42)39(7,47)24(3)21-34(46)49-30/h9-11,18,21,23,25,27,30-32,35-37,47H,8,12-17,19-20,22H2,1-7H3,(H,41,45)/b10-9+,18-11-,24-21+/t23-,25-,27+,30+,31-,32+,35-,36-,37+,38-,39+,40-/m0/s1. The molecule has 0 unspecified atom stereocenters. The van der Waals surface area contributed by atoms with E-state index in [-0.39, 0.29) is 60.8 Å². The average molecular weight is 744 g/mol. The number of amides is 1. The van der Waals surface area contributed by atoms with Gasteiger partial charge in [-0.05, 0) is 64.5 Å². The van der Waals surface area contributed by atoms with Gasteiger partial charge in [0.15, 0.2) is 23.8 Å². The second kappa shape index (κ2) is 16.6. The van der Waals surface area contributed by atoms with Crippen LogP contribution in [0.4, 0.5) is 0 Å². The third-order valence-corrected chi connectivity index (χ3v) is 11.6. The summed E-state index contributed by atoms with van der Waals surface area (Å²) in [4.78, 5) is 64.5. The summed E-state index contributed by atoms with van der Waals surface area (Å²) in [6, 6.07) is 0. The summed E-state index contributed by atoms with van der Waals surface area (Å²) in [5.41, 5.74) is -2.35. The monoisotopic (exact) mass is 743 g/mol. The fraction of sp³-hybridized carbons (Fsp3) is 0.725. The molecule has 0 radical (unpaired) electrons. The van der Waals surface area contributed by atoms with Gasteiger partial charge in [-0.15, -0.1) is 0 Å². The number of ketones is 2. The summed E-state index contributed by atoms with van der Waals surface area (Å²) in [7, 11) is 0. The van der Waals surface area contributed by atoms with Gasteiger partial charge in [0.25, 0.3) is 0 Å². The number of hydrogen-bond acceptors (Lipinski definition) is 12. The van der Waals surface area contributed by atoms with Gasteiger partial charge >= 0.3 is 11.9 Å². The largest absolute Gasteiger partial charge is 0.456 e. The first-order valence-electron chi connectivity index (χ1n) is 19.1. The van der Waals surface area contributed by atoms with Gasteiger partial charge in [-0.2, -0.15) is 0 Å². The number of aliphatic hydroxyl groups is 1. The average Bonchev–Trinajstić information content (AvgIpc) is 3.82. The molecule has 7 aliphatic rings. The maximum absolute atomic E-state index is 13.6. The van der Waals surface area contributed by atoms with Crippen molar-refractivity contribution in [2.24, 2.45) is 11.8 Å². The van der Waals surface area contributed by atoms with Gasteiger partial charge in [0.05, 0.1) is 23.9 Å². The summed E-state index contributed by atoms with van der Waals surface area (Å²) in [5.74, 6) is -3.70. The lowest BCUT2D eigenvalue weighted by Gasteiger charge is -2.53. The highest BCUT2D eigenvalue weighted by Crippen LogP contribution is 2.53. The Labute approximate surface area is 312 Å². The number of carbonyl (C=O) groups is 5. The second-order valence-electron chi connectivity index (χ2n) is 15.9. The van der Waals surface area contributed by atoms with Crippen molar-refractivity contribution in [2.75, 3.05) is 0 Å². The Morgan fingerprint density at radius 1 is 1.02 bits per heavy atom. The van der Waals surface area contributed by atoms with Gasteiger partial charge in [-0.3, -0.25) is 19.2 Å². The number of rotatable bonds is 7. The van der Waals surface area contributed by atoms with Crippen LogP contribution in [0.1, 0.15) is 113 Å². The van der Waals surface area contributed by atoms with Crippen LogP contribution < -0.4 is 5.32 Å². The van der Waals surface area contributed by atoms with Crippen molar-refractivity contribution in [1.82, 2.24) is 5.32 Å². The number of esters is 2. The fourth-order valence-electron chi connectivity index (χ4n) is 8.13. The molecule has 12 atom stereocenters. The molecule has 0 aliphatic carbocycles. The summed E-state index contributed by atoms with van der Waals surface area (Å²) < 4.78 is 37.4. The molecule has 4 fully saturated rings. The molecule has 7 heterocycles. The Balaban J connectivity index is 1.41. The Bertz CT molecular complexity index is 1500. The number of allylic oxidation sites excluding steroid dienone is 2. The van der Waals surface area contributed by atoms with Crippen LogP contribution in [0.25, 0.3) is 0 Å². The summed E-state index contributed by atoms with van der Waals surface area (Å²) in [6.45, 7) is 11.9. The fourth-order valence-corrected chi connectivity index (χ4v) is 8.13. The third kappa shape index (κ3) is 9.54. The number of fused-ring (bicyclic) bond motifs is 2. The number of Topliss-reactive ketones (excluding diaryl/α,β-unsaturated/α-hetero) is 2. The maximum atomic E-state index is 13.6. The Hall–Kier alpha value is -3.23. The van der Waals surface area contributed by atoms with Crippen molar-refractivity contribution < 1.29 is 57.5 Å². The molecule has 1 spiro atoms. The first-order chi connectivity index (χ1) is 25.0. The van der Waals surface area contributed by atoms with E-state index >= 15 is 0 Å². The Morgan fingerprint density at radius 2 is 1.77 bits per heavy atom. The van der Waals surface area contributed by atoms with Crippen molar-refractivity contribution in [3.05, 3.63) is 36.1 Å². The van der Waals surface area contributed by atoms with Gasteiger partial charge in [0.1, 0.15) is 23.6 Å². The molecule has 1 amide bonds. The highest BCUT2D eigenvalue weighted by atomic mass is 16.7. The Morgan fingerprint density at radius 3 is 2.49 bits per heavy atom. The number of ether oxygens (including phenoxy) is 6. The van der Waals surface area contributed by atoms with E-state index in [4.69, 9.17) is 28.4 Å². The minimum absolute atomic E-state index is 0.000260. The van der Waals surface area contributed by atoms with E-state index in [1.807, 2.05) is 13.8 Å². The smallest absolute Gasteiger partial charge is 0.331 e. The summed E-state index contributed by atoms with van der Waals surface area (Å²) >= 11 is 0. The molecular weight excluding hydrogens is 686 g/mol. The van der Waals surface area contributed by atoms with Gasteiger partial charge in [-0.25, -0.2) is 4.79 Å². The Kier molecular flexibility index (Phi) is 12.9. The van der Waals surface area contributed by atoms with Gasteiger partial charge in [0.2, 0.25) is 5.91 Å². The van der Waals surface area contributed by atoms with Gasteiger partial charge in [-0.1, -0.05) is 32.9 Å². The molecule has 13 nitrogen and oxygen atoms in total. The van der Waals surface area contributed by atoms with Crippen molar-refractivity contribution in [1.29, 1.82) is 0 Å². The molecule has 0 saturated carbocycles. The molecule has 7 aliphatic heterocycles. The maximum Gasteiger partial charge on any atom is 0.331 e. The molecule has 0 aromatic rings. The first kappa shape index (κ1) is 40.9. The van der Waals surface area contributed by atoms with E-state index in [1.165, 1.54) is 27.0 Å². The zero-order chi connectivity index (χ0) is 38.7. The SMILES string of the molecule is CCCC(=O)N/C=C\C=C\C[C@H]1OC(=O)/C=C(\C)[C@@](C)(O)[C@H](OC(C)=O)[C@H]2O[C@H]2[C@@H]2CC[C@H]3O[C@]4(CC[C@]3(C)O2)O[C@@H](CC(=O)[C@@H](C)CC1=O)C[C@@H]4C. The molecule has 0 aromatic carbocycles. The number of carbonyl (C=O) groups excluding carboxylic acids is 5. The van der Waals surface area contributed by atoms with Crippen LogP contribution in [0.5, 0.6) is 0 Å². The van der Waals surface area contributed by atoms with Crippen LogP contribution >= 0.6 is 0 Å². The van der Waals surface area contributed by atoms with Crippen molar-refractivity contribution in [3.63, 3.8) is 0 Å². The lowest BCUT2D eigenvalue weighted by atomic mass is 9.78. The molecule has 294 valence electrons. The molecule has 13 heteroatoms.